The highest BCUT2D eigenvalue weighted by atomic mass is 16.3. The van der Waals surface area contributed by atoms with Gasteiger partial charge in [0, 0.05) is 5.92 Å². The van der Waals surface area contributed by atoms with Crippen LogP contribution >= 0.6 is 0 Å². The third-order valence-electron chi connectivity index (χ3n) is 4.73. The lowest BCUT2D eigenvalue weighted by atomic mass is 9.97. The summed E-state index contributed by atoms with van der Waals surface area (Å²) in [5.41, 5.74) is 1.45. The minimum atomic E-state index is 0.449. The quantitative estimate of drug-likeness (QED) is 0.479. The molecule has 0 aliphatic rings. The molecule has 2 heterocycles. The number of benzene rings is 1. The first-order chi connectivity index (χ1) is 12.4. The molecule has 0 radical (unpaired) electrons. The Balaban J connectivity index is 1.39. The number of furan rings is 1. The highest BCUT2D eigenvalue weighted by Gasteiger charge is 2.15. The summed E-state index contributed by atoms with van der Waals surface area (Å²) in [6, 6.07) is 14.5. The molecule has 0 aliphatic heterocycles. The van der Waals surface area contributed by atoms with Crippen molar-refractivity contribution >= 4 is 0 Å². The van der Waals surface area contributed by atoms with E-state index in [1.165, 1.54) is 37.7 Å². The summed E-state index contributed by atoms with van der Waals surface area (Å²) >= 11 is 0. The van der Waals surface area contributed by atoms with Crippen molar-refractivity contribution in [1.82, 2.24) is 15.2 Å². The summed E-state index contributed by atoms with van der Waals surface area (Å²) in [6.07, 6.45) is 10.2. The van der Waals surface area contributed by atoms with Crippen LogP contribution in [0.4, 0.5) is 0 Å². The van der Waals surface area contributed by atoms with Crippen molar-refractivity contribution in [2.24, 2.45) is 0 Å². The predicted molar refractivity (Wildman–Crippen MR) is 100 cm³/mol. The van der Waals surface area contributed by atoms with Crippen molar-refractivity contribution in [2.45, 2.75) is 57.8 Å². The maximum absolute atomic E-state index is 5.36. The zero-order valence-electron chi connectivity index (χ0n) is 14.9. The molecule has 1 atom stereocenters. The van der Waals surface area contributed by atoms with E-state index in [-0.39, 0.29) is 0 Å². The van der Waals surface area contributed by atoms with E-state index < -0.39 is 0 Å². The van der Waals surface area contributed by atoms with Crippen LogP contribution in [0.5, 0.6) is 0 Å². The number of H-pyrrole nitrogens is 1. The van der Waals surface area contributed by atoms with E-state index in [1.54, 1.807) is 6.26 Å². The first-order valence-electron chi connectivity index (χ1n) is 9.37. The first-order valence-corrected chi connectivity index (χ1v) is 9.37. The lowest BCUT2D eigenvalue weighted by Gasteiger charge is -2.11. The largest absolute Gasteiger partial charge is 0.461 e. The van der Waals surface area contributed by atoms with E-state index in [4.69, 9.17) is 4.42 Å². The van der Waals surface area contributed by atoms with Crippen molar-refractivity contribution in [3.05, 3.63) is 60.1 Å². The zero-order chi connectivity index (χ0) is 17.3. The number of nitrogens with one attached hydrogen (secondary N) is 1. The third kappa shape index (κ3) is 5.05. The van der Waals surface area contributed by atoms with Crippen LogP contribution in [0.3, 0.4) is 0 Å². The van der Waals surface area contributed by atoms with Gasteiger partial charge < -0.3 is 4.42 Å². The predicted octanol–water partition coefficient (Wildman–Crippen LogP) is 5.75. The van der Waals surface area contributed by atoms with Crippen LogP contribution in [0.2, 0.25) is 0 Å². The van der Waals surface area contributed by atoms with E-state index in [1.807, 2.05) is 12.1 Å². The highest BCUT2D eigenvalue weighted by Crippen LogP contribution is 2.25. The van der Waals surface area contributed by atoms with E-state index in [0.29, 0.717) is 11.7 Å². The summed E-state index contributed by atoms with van der Waals surface area (Å²) in [4.78, 5) is 4.62. The molecule has 4 heteroatoms. The second-order valence-corrected chi connectivity index (χ2v) is 6.57. The number of aryl methyl sites for hydroxylation is 1. The van der Waals surface area contributed by atoms with Crippen molar-refractivity contribution in [3.8, 4) is 11.6 Å². The maximum atomic E-state index is 5.36. The zero-order valence-corrected chi connectivity index (χ0v) is 14.9. The third-order valence-corrected chi connectivity index (χ3v) is 4.73. The number of hydrogen-bond acceptors (Lipinski definition) is 3. The fraction of sp³-hybridized carbons (Fsp3) is 0.429. The van der Waals surface area contributed by atoms with Gasteiger partial charge in [0.15, 0.2) is 5.76 Å². The SMILES string of the molecule is CCC(CCCCCCc1ccccc1)c1nc(-c2ccco2)n[nH]1. The molecule has 2 aromatic heterocycles. The average Bonchev–Trinajstić information content (AvgIpc) is 3.33. The molecule has 0 spiro atoms. The molecular weight excluding hydrogens is 310 g/mol. The number of nitrogens with zero attached hydrogens (tertiary/aromatic N) is 2. The van der Waals surface area contributed by atoms with Crippen LogP contribution in [0.15, 0.2) is 53.1 Å². The number of aromatic nitrogens is 3. The Bertz CT molecular complexity index is 719. The Morgan fingerprint density at radius 3 is 2.60 bits per heavy atom. The molecular formula is C21H27N3O. The van der Waals surface area contributed by atoms with Gasteiger partial charge in [-0.3, -0.25) is 5.10 Å². The first kappa shape index (κ1) is 17.5. The molecule has 0 saturated heterocycles. The van der Waals surface area contributed by atoms with Crippen molar-refractivity contribution in [1.29, 1.82) is 0 Å². The van der Waals surface area contributed by atoms with Crippen LogP contribution < -0.4 is 0 Å². The smallest absolute Gasteiger partial charge is 0.216 e. The molecule has 0 amide bonds. The molecule has 3 rings (SSSR count). The molecule has 0 aliphatic carbocycles. The van der Waals surface area contributed by atoms with Gasteiger partial charge >= 0.3 is 0 Å². The fourth-order valence-electron chi connectivity index (χ4n) is 3.23. The van der Waals surface area contributed by atoms with Crippen LogP contribution in [0, 0.1) is 0 Å². The van der Waals surface area contributed by atoms with Crippen molar-refractivity contribution < 1.29 is 4.42 Å². The van der Waals surface area contributed by atoms with Gasteiger partial charge in [-0.15, -0.1) is 0 Å². The van der Waals surface area contributed by atoms with Crippen molar-refractivity contribution in [3.63, 3.8) is 0 Å². The summed E-state index contributed by atoms with van der Waals surface area (Å²) in [5, 5.41) is 7.39. The topological polar surface area (TPSA) is 54.7 Å². The van der Waals surface area contributed by atoms with E-state index in [9.17, 15) is 0 Å². The van der Waals surface area contributed by atoms with Gasteiger partial charge in [-0.2, -0.15) is 5.10 Å². The fourth-order valence-corrected chi connectivity index (χ4v) is 3.23. The highest BCUT2D eigenvalue weighted by molar-refractivity contribution is 5.45. The number of aromatic amines is 1. The Morgan fingerprint density at radius 2 is 1.84 bits per heavy atom. The summed E-state index contributed by atoms with van der Waals surface area (Å²) in [7, 11) is 0. The van der Waals surface area contributed by atoms with Gasteiger partial charge in [-0.05, 0) is 43.4 Å². The van der Waals surface area contributed by atoms with Crippen LogP contribution in [-0.2, 0) is 6.42 Å². The molecule has 132 valence electrons. The summed E-state index contributed by atoms with van der Waals surface area (Å²) in [5.74, 6) is 2.81. The Kier molecular flexibility index (Phi) is 6.43. The molecule has 0 saturated carbocycles. The summed E-state index contributed by atoms with van der Waals surface area (Å²) in [6.45, 7) is 2.22. The van der Waals surface area contributed by atoms with Crippen LogP contribution in [-0.4, -0.2) is 15.2 Å². The number of hydrogen-bond donors (Lipinski definition) is 1. The average molecular weight is 337 g/mol. The maximum Gasteiger partial charge on any atom is 0.216 e. The number of rotatable bonds is 10. The van der Waals surface area contributed by atoms with Gasteiger partial charge in [-0.25, -0.2) is 4.98 Å². The molecule has 0 bridgehead atoms. The van der Waals surface area contributed by atoms with E-state index in [0.717, 1.165) is 24.4 Å². The normalized spacial score (nSPS) is 12.4. The lowest BCUT2D eigenvalue weighted by molar-refractivity contribution is 0.519. The van der Waals surface area contributed by atoms with Gasteiger partial charge in [0.2, 0.25) is 5.82 Å². The molecule has 1 unspecified atom stereocenters. The van der Waals surface area contributed by atoms with Crippen LogP contribution in [0.1, 0.15) is 62.8 Å². The van der Waals surface area contributed by atoms with E-state index in [2.05, 4.69) is 52.4 Å². The Hall–Kier alpha value is -2.36. The lowest BCUT2D eigenvalue weighted by Crippen LogP contribution is -2.00. The summed E-state index contributed by atoms with van der Waals surface area (Å²) < 4.78 is 5.36. The standard InChI is InChI=1S/C21H27N3O/c1-2-18(20-22-21(24-23-20)19-15-10-16-25-19)14-9-4-3-6-11-17-12-7-5-8-13-17/h5,7-8,10,12-13,15-16,18H,2-4,6,9,11,14H2,1H3,(H,22,23,24). The monoisotopic (exact) mass is 337 g/mol. The molecule has 3 aromatic rings. The molecule has 1 aromatic carbocycles. The van der Waals surface area contributed by atoms with Gasteiger partial charge in [0.25, 0.3) is 0 Å². The van der Waals surface area contributed by atoms with E-state index >= 15 is 0 Å². The Morgan fingerprint density at radius 1 is 1.00 bits per heavy atom. The minimum absolute atomic E-state index is 0.449. The minimum Gasteiger partial charge on any atom is -0.461 e. The molecule has 0 fully saturated rings. The molecule has 25 heavy (non-hydrogen) atoms. The second kappa shape index (κ2) is 9.21. The van der Waals surface area contributed by atoms with Crippen LogP contribution in [0.25, 0.3) is 11.6 Å². The number of unbranched alkanes of at least 4 members (excludes halogenated alkanes) is 3. The molecule has 4 nitrogen and oxygen atoms in total. The van der Waals surface area contributed by atoms with Gasteiger partial charge in [-0.1, -0.05) is 56.5 Å². The van der Waals surface area contributed by atoms with Gasteiger partial charge in [0.05, 0.1) is 6.26 Å². The van der Waals surface area contributed by atoms with Gasteiger partial charge in [0.1, 0.15) is 5.82 Å². The molecule has 1 N–H and O–H groups in total. The van der Waals surface area contributed by atoms with Crippen molar-refractivity contribution in [2.75, 3.05) is 0 Å². The second-order valence-electron chi connectivity index (χ2n) is 6.57. The Labute approximate surface area is 149 Å².